The van der Waals surface area contributed by atoms with Crippen molar-refractivity contribution >= 4 is 23.8 Å². The van der Waals surface area contributed by atoms with Crippen LogP contribution in [0.1, 0.15) is 16.7 Å². The van der Waals surface area contributed by atoms with E-state index in [1.54, 1.807) is 30.3 Å². The average Bonchev–Trinajstić information content (AvgIpc) is 2.82. The van der Waals surface area contributed by atoms with Crippen LogP contribution in [-0.4, -0.2) is 17.7 Å². The molecule has 21 heavy (non-hydrogen) atoms. The first-order valence-electron chi connectivity index (χ1n) is 6.18. The summed E-state index contributed by atoms with van der Waals surface area (Å²) in [6, 6.07) is 6.69. The summed E-state index contributed by atoms with van der Waals surface area (Å²) in [6.45, 7) is 0. The molecule has 0 aliphatic heterocycles. The van der Waals surface area contributed by atoms with Crippen LogP contribution in [0, 0.1) is 29.1 Å². The van der Waals surface area contributed by atoms with Crippen LogP contribution in [0.3, 0.4) is 0 Å². The molecular formula is C15H6F5Li. The van der Waals surface area contributed by atoms with Crippen LogP contribution >= 0.6 is 0 Å². The molecule has 0 radical (unpaired) electrons. The van der Waals surface area contributed by atoms with Gasteiger partial charge in [0.15, 0.2) is 0 Å². The molecule has 0 nitrogen and oxygen atoms in total. The van der Waals surface area contributed by atoms with Crippen molar-refractivity contribution in [1.82, 2.24) is 0 Å². The van der Waals surface area contributed by atoms with Crippen LogP contribution in [0.2, 0.25) is 0 Å². The monoisotopic (exact) mass is 288 g/mol. The number of fused-ring (bicyclic) bond motifs is 1. The summed E-state index contributed by atoms with van der Waals surface area (Å²) in [5, 5.41) is 0. The fraction of sp³-hybridized carbons (Fsp3) is 0.0667. The number of hydrogen-bond donors (Lipinski definition) is 0. The van der Waals surface area contributed by atoms with E-state index >= 15 is 0 Å². The summed E-state index contributed by atoms with van der Waals surface area (Å²) in [6.07, 6.45) is 3.04. The SMILES string of the molecule is [Li][C]1(c2c(F)c(F)c(F)c(F)c2F)C=Cc2ccccc21. The van der Waals surface area contributed by atoms with E-state index in [0.29, 0.717) is 11.1 Å². The van der Waals surface area contributed by atoms with Gasteiger partial charge in [0.1, 0.15) is 0 Å². The van der Waals surface area contributed by atoms with Gasteiger partial charge in [0.2, 0.25) is 0 Å². The minimum atomic E-state index is -2.15. The third-order valence-electron chi connectivity index (χ3n) is 3.85. The van der Waals surface area contributed by atoms with E-state index in [1.807, 2.05) is 0 Å². The van der Waals surface area contributed by atoms with Gasteiger partial charge in [-0.1, -0.05) is 0 Å². The average molecular weight is 288 g/mol. The van der Waals surface area contributed by atoms with Crippen molar-refractivity contribution in [3.05, 3.63) is 76.1 Å². The third kappa shape index (κ3) is 1.88. The fourth-order valence-corrected chi connectivity index (χ4v) is 2.74. The molecule has 2 aromatic rings. The van der Waals surface area contributed by atoms with Crippen LogP contribution in [0.15, 0.2) is 30.3 Å². The van der Waals surface area contributed by atoms with Crippen LogP contribution in [0.5, 0.6) is 0 Å². The van der Waals surface area contributed by atoms with E-state index in [4.69, 9.17) is 0 Å². The van der Waals surface area contributed by atoms with Gasteiger partial charge in [0.25, 0.3) is 0 Å². The molecule has 2 aromatic carbocycles. The molecule has 0 bridgehead atoms. The molecule has 0 N–H and O–H groups in total. The van der Waals surface area contributed by atoms with Crippen molar-refractivity contribution in [2.45, 2.75) is 4.09 Å². The Bertz CT molecular complexity index is 755. The first-order chi connectivity index (χ1) is 9.88. The molecule has 0 amide bonds. The second-order valence-corrected chi connectivity index (χ2v) is 5.07. The van der Waals surface area contributed by atoms with E-state index in [2.05, 4.69) is 0 Å². The second kappa shape index (κ2) is 4.72. The van der Waals surface area contributed by atoms with Crippen molar-refractivity contribution in [2.24, 2.45) is 0 Å². The summed E-state index contributed by atoms with van der Waals surface area (Å²) in [5.74, 6) is -9.59. The predicted octanol–water partition coefficient (Wildman–Crippen LogP) is 3.82. The Labute approximate surface area is 126 Å². The number of rotatable bonds is 1. The number of benzene rings is 2. The topological polar surface area (TPSA) is 0 Å². The molecule has 1 atom stereocenters. The molecule has 6 heteroatoms. The van der Waals surface area contributed by atoms with Crippen molar-refractivity contribution in [2.75, 3.05) is 0 Å². The van der Waals surface area contributed by atoms with Crippen molar-refractivity contribution in [3.63, 3.8) is 0 Å². The fourth-order valence-electron chi connectivity index (χ4n) is 2.74. The van der Waals surface area contributed by atoms with Crippen molar-refractivity contribution < 1.29 is 22.0 Å². The molecule has 1 unspecified atom stereocenters. The first-order valence-corrected chi connectivity index (χ1v) is 6.18. The van der Waals surface area contributed by atoms with E-state index in [1.165, 1.54) is 23.8 Å². The minimum absolute atomic E-state index is 0.494. The molecule has 1 aliphatic rings. The Morgan fingerprint density at radius 1 is 0.762 bits per heavy atom. The second-order valence-electron chi connectivity index (χ2n) is 5.07. The third-order valence-corrected chi connectivity index (χ3v) is 3.85. The first kappa shape index (κ1) is 14.4. The molecule has 0 aromatic heterocycles. The molecule has 0 spiro atoms. The summed E-state index contributed by atoms with van der Waals surface area (Å²) in [5.41, 5.74) is 0.345. The van der Waals surface area contributed by atoms with Crippen LogP contribution < -0.4 is 0 Å². The van der Waals surface area contributed by atoms with E-state index in [-0.39, 0.29) is 0 Å². The number of hydrogen-bond acceptors (Lipinski definition) is 0. The summed E-state index contributed by atoms with van der Waals surface area (Å²) in [7, 11) is 0. The Morgan fingerprint density at radius 2 is 1.29 bits per heavy atom. The zero-order valence-electron chi connectivity index (χ0n) is 10.9. The number of halogens is 5. The standard InChI is InChI=1S/C15H6F5.Li/c16-11-10(12(17)14(19)15(20)13(11)18)9-6-5-7-3-1-2-4-8(7)9;/h1-6H;. The normalized spacial score (nSPS) is 20.0. The van der Waals surface area contributed by atoms with Gasteiger partial charge in [-0.2, -0.15) is 0 Å². The van der Waals surface area contributed by atoms with Crippen LogP contribution in [0.4, 0.5) is 22.0 Å². The Balaban J connectivity index is 2.35. The van der Waals surface area contributed by atoms with Crippen molar-refractivity contribution in [3.8, 4) is 0 Å². The molecule has 0 heterocycles. The summed E-state index contributed by atoms with van der Waals surface area (Å²) < 4.78 is 66.7. The van der Waals surface area contributed by atoms with Crippen LogP contribution in [0.25, 0.3) is 6.08 Å². The predicted molar refractivity (Wildman–Crippen MR) is 68.2 cm³/mol. The molecule has 1 aliphatic carbocycles. The molecule has 0 saturated carbocycles. The molecule has 3 rings (SSSR count). The molecule has 102 valence electrons. The van der Waals surface area contributed by atoms with Gasteiger partial charge in [-0.25, -0.2) is 0 Å². The van der Waals surface area contributed by atoms with Gasteiger partial charge >= 0.3 is 126 Å². The maximum absolute atomic E-state index is 14.0. The molecule has 0 fully saturated rings. The summed E-state index contributed by atoms with van der Waals surface area (Å²) in [4.78, 5) is 0. The van der Waals surface area contributed by atoms with E-state index < -0.39 is 38.7 Å². The number of allylic oxidation sites excluding steroid dienone is 1. The zero-order valence-corrected chi connectivity index (χ0v) is 10.9. The quantitative estimate of drug-likeness (QED) is 0.324. The summed E-state index contributed by atoms with van der Waals surface area (Å²) >= 11 is 1.42. The van der Waals surface area contributed by atoms with Gasteiger partial charge in [0.05, 0.1) is 0 Å². The van der Waals surface area contributed by atoms with Gasteiger partial charge < -0.3 is 0 Å². The van der Waals surface area contributed by atoms with E-state index in [9.17, 15) is 22.0 Å². The Morgan fingerprint density at radius 3 is 1.90 bits per heavy atom. The van der Waals surface area contributed by atoms with Gasteiger partial charge in [-0.3, -0.25) is 0 Å². The Kier molecular flexibility index (Phi) is 3.23. The molecule has 0 saturated heterocycles. The zero-order chi connectivity index (χ0) is 15.4. The maximum atomic E-state index is 14.0. The van der Waals surface area contributed by atoms with Gasteiger partial charge in [-0.05, 0) is 0 Å². The van der Waals surface area contributed by atoms with Crippen LogP contribution in [-0.2, 0) is 4.09 Å². The van der Waals surface area contributed by atoms with Gasteiger partial charge in [-0.15, -0.1) is 0 Å². The van der Waals surface area contributed by atoms with Crippen molar-refractivity contribution in [1.29, 1.82) is 0 Å². The van der Waals surface area contributed by atoms with Gasteiger partial charge in [0, 0.05) is 0 Å². The molecular weight excluding hydrogens is 282 g/mol. The Hall–Kier alpha value is -1.57. The van der Waals surface area contributed by atoms with E-state index in [0.717, 1.165) is 0 Å².